The number of nitrogens with one attached hydrogen (secondary N) is 1. The summed E-state index contributed by atoms with van der Waals surface area (Å²) in [6.45, 7) is 0.966. The zero-order chi connectivity index (χ0) is 23.0. The van der Waals surface area contributed by atoms with Gasteiger partial charge in [0.05, 0.1) is 38.5 Å². The van der Waals surface area contributed by atoms with Crippen LogP contribution >= 0.6 is 0 Å². The molecule has 32 heavy (non-hydrogen) atoms. The number of anilines is 1. The molecule has 1 saturated heterocycles. The number of benzene rings is 2. The fraction of sp³-hybridized carbons (Fsp3) is 0.333. The van der Waals surface area contributed by atoms with Crippen LogP contribution in [0.1, 0.15) is 5.56 Å². The summed E-state index contributed by atoms with van der Waals surface area (Å²) >= 11 is 0. The molecule has 1 N–H and O–H groups in total. The van der Waals surface area contributed by atoms with Gasteiger partial charge in [0.25, 0.3) is 5.91 Å². The van der Waals surface area contributed by atoms with Gasteiger partial charge in [-0.1, -0.05) is 11.2 Å². The lowest BCUT2D eigenvalue weighted by molar-refractivity contribution is -0.120. The predicted octanol–water partition coefficient (Wildman–Crippen LogP) is 1.71. The van der Waals surface area contributed by atoms with Crippen molar-refractivity contribution < 1.29 is 32.3 Å². The summed E-state index contributed by atoms with van der Waals surface area (Å²) in [5.74, 6) is 0.652. The van der Waals surface area contributed by atoms with Crippen LogP contribution in [0.25, 0.3) is 0 Å². The van der Waals surface area contributed by atoms with E-state index in [1.54, 1.807) is 37.4 Å². The lowest BCUT2D eigenvalue weighted by Crippen LogP contribution is -2.40. The van der Waals surface area contributed by atoms with Crippen LogP contribution in [-0.4, -0.2) is 72.0 Å². The third-order valence-corrected chi connectivity index (χ3v) is 6.50. The average molecular weight is 464 g/mol. The molecule has 1 aliphatic rings. The second-order valence-corrected chi connectivity index (χ2v) is 8.65. The number of amides is 1. The van der Waals surface area contributed by atoms with Crippen molar-refractivity contribution in [2.24, 2.45) is 5.16 Å². The molecule has 2 aromatic rings. The standard InChI is InChI=1S/C21H25N3O7S/c1-28-19-7-6-16(12-20(19)29-2)14-22-31-15-21(25)23-17-4-3-5-18(13-17)32(26,27)24-8-10-30-11-9-24/h3-7,12-14H,8-11,15H2,1-2H3,(H,23,25)/b22-14+. The number of sulfonamides is 1. The van der Waals surface area contributed by atoms with E-state index in [2.05, 4.69) is 10.5 Å². The molecule has 1 amide bonds. The molecular formula is C21H25N3O7S. The summed E-state index contributed by atoms with van der Waals surface area (Å²) in [6.07, 6.45) is 1.44. The van der Waals surface area contributed by atoms with E-state index in [0.29, 0.717) is 49.1 Å². The van der Waals surface area contributed by atoms with Crippen molar-refractivity contribution in [3.05, 3.63) is 48.0 Å². The maximum Gasteiger partial charge on any atom is 0.265 e. The van der Waals surface area contributed by atoms with Crippen molar-refractivity contribution in [3.8, 4) is 11.5 Å². The molecule has 1 heterocycles. The number of nitrogens with zero attached hydrogens (tertiary/aromatic N) is 2. The number of hydrogen-bond acceptors (Lipinski definition) is 8. The molecule has 1 aliphatic heterocycles. The average Bonchev–Trinajstić information content (AvgIpc) is 2.82. The van der Waals surface area contributed by atoms with Gasteiger partial charge in [-0.2, -0.15) is 4.31 Å². The molecule has 0 unspecified atom stereocenters. The summed E-state index contributed by atoms with van der Waals surface area (Å²) < 4.78 is 42.5. The summed E-state index contributed by atoms with van der Waals surface area (Å²) in [5.41, 5.74) is 1.04. The first-order chi connectivity index (χ1) is 15.4. The maximum atomic E-state index is 12.8. The largest absolute Gasteiger partial charge is 0.493 e. The van der Waals surface area contributed by atoms with E-state index in [1.165, 1.54) is 29.8 Å². The van der Waals surface area contributed by atoms with E-state index in [1.807, 2.05) is 0 Å². The highest BCUT2D eigenvalue weighted by molar-refractivity contribution is 7.89. The van der Waals surface area contributed by atoms with Crippen molar-refractivity contribution >= 4 is 27.8 Å². The highest BCUT2D eigenvalue weighted by Gasteiger charge is 2.26. The first kappa shape index (κ1) is 23.5. The van der Waals surface area contributed by atoms with Gasteiger partial charge in [-0.15, -0.1) is 0 Å². The summed E-state index contributed by atoms with van der Waals surface area (Å²) in [6, 6.07) is 11.3. The fourth-order valence-corrected chi connectivity index (χ4v) is 4.45. The highest BCUT2D eigenvalue weighted by atomic mass is 32.2. The second kappa shape index (κ2) is 10.9. The molecule has 2 aromatic carbocycles. The lowest BCUT2D eigenvalue weighted by Gasteiger charge is -2.26. The lowest BCUT2D eigenvalue weighted by atomic mass is 10.2. The monoisotopic (exact) mass is 463 g/mol. The quantitative estimate of drug-likeness (QED) is 0.445. The van der Waals surface area contributed by atoms with Crippen LogP contribution in [-0.2, 0) is 24.4 Å². The molecule has 172 valence electrons. The van der Waals surface area contributed by atoms with Crippen molar-refractivity contribution in [2.75, 3.05) is 52.4 Å². The molecular weight excluding hydrogens is 438 g/mol. The number of carbonyl (C=O) groups excluding carboxylic acids is 1. The number of hydrogen-bond donors (Lipinski definition) is 1. The zero-order valence-electron chi connectivity index (χ0n) is 17.8. The Hall–Kier alpha value is -3.15. The fourth-order valence-electron chi connectivity index (χ4n) is 2.99. The Kier molecular flexibility index (Phi) is 8.03. The topological polar surface area (TPSA) is 116 Å². The minimum absolute atomic E-state index is 0.101. The van der Waals surface area contributed by atoms with E-state index in [4.69, 9.17) is 19.0 Å². The predicted molar refractivity (Wildman–Crippen MR) is 118 cm³/mol. The number of methoxy groups -OCH3 is 2. The Balaban J connectivity index is 1.55. The third kappa shape index (κ3) is 5.96. The van der Waals surface area contributed by atoms with Gasteiger partial charge in [0, 0.05) is 24.3 Å². The Bertz CT molecular complexity index is 1070. The van der Waals surface area contributed by atoms with Gasteiger partial charge < -0.3 is 24.4 Å². The molecule has 0 saturated carbocycles. The van der Waals surface area contributed by atoms with E-state index in [-0.39, 0.29) is 11.5 Å². The van der Waals surface area contributed by atoms with Crippen molar-refractivity contribution in [2.45, 2.75) is 4.90 Å². The van der Waals surface area contributed by atoms with Crippen LogP contribution in [0.4, 0.5) is 5.69 Å². The van der Waals surface area contributed by atoms with Gasteiger partial charge in [-0.25, -0.2) is 8.42 Å². The van der Waals surface area contributed by atoms with Crippen LogP contribution < -0.4 is 14.8 Å². The molecule has 0 radical (unpaired) electrons. The van der Waals surface area contributed by atoms with Gasteiger partial charge in [0.15, 0.2) is 18.1 Å². The molecule has 0 bridgehead atoms. The minimum Gasteiger partial charge on any atom is -0.493 e. The molecule has 3 rings (SSSR count). The van der Waals surface area contributed by atoms with Gasteiger partial charge in [0.1, 0.15) is 0 Å². The van der Waals surface area contributed by atoms with Crippen LogP contribution in [0.15, 0.2) is 52.5 Å². The molecule has 0 aromatic heterocycles. The van der Waals surface area contributed by atoms with Crippen LogP contribution in [0.5, 0.6) is 11.5 Å². The van der Waals surface area contributed by atoms with Crippen molar-refractivity contribution in [1.82, 2.24) is 4.31 Å². The second-order valence-electron chi connectivity index (χ2n) is 6.71. The Morgan fingerprint density at radius 2 is 1.88 bits per heavy atom. The smallest absolute Gasteiger partial charge is 0.265 e. The highest BCUT2D eigenvalue weighted by Crippen LogP contribution is 2.27. The van der Waals surface area contributed by atoms with Gasteiger partial charge in [0.2, 0.25) is 10.0 Å². The van der Waals surface area contributed by atoms with E-state index < -0.39 is 15.9 Å². The first-order valence-corrected chi connectivity index (χ1v) is 11.2. The molecule has 0 aliphatic carbocycles. The van der Waals surface area contributed by atoms with Crippen molar-refractivity contribution in [1.29, 1.82) is 0 Å². The van der Waals surface area contributed by atoms with Crippen LogP contribution in [0.2, 0.25) is 0 Å². The number of morpholine rings is 1. The van der Waals surface area contributed by atoms with E-state index in [0.717, 1.165) is 0 Å². The SMILES string of the molecule is COc1ccc(/C=N/OCC(=O)Nc2cccc(S(=O)(=O)N3CCOCC3)c2)cc1OC. The summed E-state index contributed by atoms with van der Waals surface area (Å²) in [7, 11) is -0.583. The molecule has 11 heteroatoms. The van der Waals surface area contributed by atoms with Gasteiger partial charge >= 0.3 is 0 Å². The van der Waals surface area contributed by atoms with Crippen LogP contribution in [0.3, 0.4) is 0 Å². The number of oxime groups is 1. The summed E-state index contributed by atoms with van der Waals surface area (Å²) in [5, 5.41) is 6.38. The Morgan fingerprint density at radius 1 is 1.12 bits per heavy atom. The molecule has 1 fully saturated rings. The normalized spacial score (nSPS) is 14.8. The Labute approximate surface area is 186 Å². The number of ether oxygens (including phenoxy) is 3. The van der Waals surface area contributed by atoms with E-state index in [9.17, 15) is 13.2 Å². The molecule has 10 nitrogen and oxygen atoms in total. The third-order valence-electron chi connectivity index (χ3n) is 4.61. The maximum absolute atomic E-state index is 12.8. The first-order valence-electron chi connectivity index (χ1n) is 9.79. The zero-order valence-corrected chi connectivity index (χ0v) is 18.6. The molecule has 0 spiro atoms. The number of carbonyl (C=O) groups is 1. The van der Waals surface area contributed by atoms with Crippen LogP contribution in [0, 0.1) is 0 Å². The Morgan fingerprint density at radius 3 is 2.59 bits per heavy atom. The van der Waals surface area contributed by atoms with E-state index >= 15 is 0 Å². The molecule has 0 atom stereocenters. The number of rotatable bonds is 9. The van der Waals surface area contributed by atoms with Crippen molar-refractivity contribution in [3.63, 3.8) is 0 Å². The van der Waals surface area contributed by atoms with Gasteiger partial charge in [-0.3, -0.25) is 4.79 Å². The van der Waals surface area contributed by atoms with Gasteiger partial charge in [-0.05, 0) is 36.4 Å². The minimum atomic E-state index is -3.65. The summed E-state index contributed by atoms with van der Waals surface area (Å²) in [4.78, 5) is 17.3.